The zero-order valence-corrected chi connectivity index (χ0v) is 9.00. The average Bonchev–Trinajstić information content (AvgIpc) is 2.60. The summed E-state index contributed by atoms with van der Waals surface area (Å²) in [7, 11) is 0. The lowest BCUT2D eigenvalue weighted by Gasteiger charge is -2.37. The molecular weight excluding hydrogens is 192 g/mol. The van der Waals surface area contributed by atoms with Gasteiger partial charge in [-0.3, -0.25) is 14.5 Å². The van der Waals surface area contributed by atoms with Gasteiger partial charge in [0, 0.05) is 25.9 Å². The number of rotatable bonds is 2. The first-order valence-corrected chi connectivity index (χ1v) is 5.70. The first kappa shape index (κ1) is 10.6. The Balaban J connectivity index is 2.09. The van der Waals surface area contributed by atoms with Crippen LogP contribution in [0, 0.1) is 5.41 Å². The minimum Gasteiger partial charge on any atom is -0.329 e. The molecule has 1 spiro atoms. The van der Waals surface area contributed by atoms with Gasteiger partial charge in [0.2, 0.25) is 11.8 Å². The summed E-state index contributed by atoms with van der Waals surface area (Å²) in [5.41, 5.74) is 5.40. The van der Waals surface area contributed by atoms with Crippen LogP contribution in [-0.2, 0) is 9.59 Å². The lowest BCUT2D eigenvalue weighted by atomic mass is 9.76. The fourth-order valence-corrected chi connectivity index (χ4v) is 2.89. The number of nitrogens with two attached hydrogens (primary N) is 1. The van der Waals surface area contributed by atoms with E-state index in [0.29, 0.717) is 25.9 Å². The van der Waals surface area contributed by atoms with E-state index in [1.165, 1.54) is 4.90 Å². The van der Waals surface area contributed by atoms with Gasteiger partial charge in [-0.05, 0) is 18.3 Å². The molecule has 2 N–H and O–H groups in total. The van der Waals surface area contributed by atoms with Gasteiger partial charge < -0.3 is 5.73 Å². The van der Waals surface area contributed by atoms with Crippen molar-refractivity contribution in [3.05, 3.63) is 0 Å². The molecule has 1 saturated carbocycles. The Hall–Kier alpha value is -0.900. The molecule has 2 fully saturated rings. The van der Waals surface area contributed by atoms with Crippen LogP contribution in [-0.4, -0.2) is 29.8 Å². The van der Waals surface area contributed by atoms with Gasteiger partial charge in [0.25, 0.3) is 0 Å². The Kier molecular flexibility index (Phi) is 2.78. The van der Waals surface area contributed by atoms with Crippen molar-refractivity contribution in [3.8, 4) is 0 Å². The van der Waals surface area contributed by atoms with Crippen LogP contribution < -0.4 is 5.73 Å². The predicted octanol–water partition coefficient (Wildman–Crippen LogP) is 0.654. The lowest BCUT2D eigenvalue weighted by molar-refractivity contribution is -0.153. The molecule has 15 heavy (non-hydrogen) atoms. The molecule has 1 aliphatic heterocycles. The van der Waals surface area contributed by atoms with E-state index in [9.17, 15) is 9.59 Å². The normalized spacial score (nSPS) is 25.3. The second kappa shape index (κ2) is 3.93. The number of nitrogens with zero attached hydrogens (tertiary/aromatic N) is 1. The van der Waals surface area contributed by atoms with Gasteiger partial charge in [0.1, 0.15) is 0 Å². The number of likely N-dealkylation sites (tertiary alicyclic amines) is 1. The molecule has 1 heterocycles. The monoisotopic (exact) mass is 210 g/mol. The van der Waals surface area contributed by atoms with E-state index in [1.807, 2.05) is 0 Å². The Morgan fingerprint density at radius 1 is 1.13 bits per heavy atom. The molecule has 1 saturated heterocycles. The third kappa shape index (κ3) is 1.91. The molecule has 0 radical (unpaired) electrons. The molecule has 1 aliphatic carbocycles. The topological polar surface area (TPSA) is 63.4 Å². The van der Waals surface area contributed by atoms with Crippen molar-refractivity contribution in [2.75, 3.05) is 13.1 Å². The van der Waals surface area contributed by atoms with Gasteiger partial charge in [-0.15, -0.1) is 0 Å². The highest BCUT2D eigenvalue weighted by atomic mass is 16.2. The Morgan fingerprint density at radius 3 is 2.13 bits per heavy atom. The number of hydrogen-bond donors (Lipinski definition) is 1. The van der Waals surface area contributed by atoms with Crippen molar-refractivity contribution < 1.29 is 9.59 Å². The summed E-state index contributed by atoms with van der Waals surface area (Å²) in [5.74, 6) is -0.0304. The number of amides is 2. The van der Waals surface area contributed by atoms with E-state index in [1.54, 1.807) is 0 Å². The number of carbonyl (C=O) groups excluding carboxylic acids is 2. The van der Waals surface area contributed by atoms with E-state index in [4.69, 9.17) is 5.73 Å². The standard InChI is InChI=1S/C11H18N2O2/c12-5-6-13-9(14)7-11(8-10(13)15)3-1-2-4-11/h1-8,12H2. The van der Waals surface area contributed by atoms with E-state index in [0.717, 1.165) is 25.7 Å². The van der Waals surface area contributed by atoms with Crippen molar-refractivity contribution in [2.45, 2.75) is 38.5 Å². The SMILES string of the molecule is NCCN1C(=O)CC2(CCCC2)CC1=O. The Bertz CT molecular complexity index is 262. The van der Waals surface area contributed by atoms with Crippen molar-refractivity contribution in [1.29, 1.82) is 0 Å². The molecular formula is C11H18N2O2. The number of imide groups is 1. The third-order valence-corrected chi connectivity index (χ3v) is 3.67. The van der Waals surface area contributed by atoms with Crippen molar-refractivity contribution in [1.82, 2.24) is 4.90 Å². The van der Waals surface area contributed by atoms with Gasteiger partial charge >= 0.3 is 0 Å². The quantitative estimate of drug-likeness (QED) is 0.681. The molecule has 0 unspecified atom stereocenters. The van der Waals surface area contributed by atoms with Gasteiger partial charge in [0.05, 0.1) is 0 Å². The maximum atomic E-state index is 11.8. The molecule has 0 aromatic carbocycles. The molecule has 2 amide bonds. The highest BCUT2D eigenvalue weighted by molar-refractivity contribution is 5.98. The van der Waals surface area contributed by atoms with Gasteiger partial charge in [-0.1, -0.05) is 12.8 Å². The van der Waals surface area contributed by atoms with Crippen LogP contribution in [0.2, 0.25) is 0 Å². The molecule has 4 heteroatoms. The number of hydrogen-bond acceptors (Lipinski definition) is 3. The highest BCUT2D eigenvalue weighted by Gasteiger charge is 2.44. The van der Waals surface area contributed by atoms with E-state index in [-0.39, 0.29) is 17.2 Å². The minimum atomic E-state index is -0.0152. The third-order valence-electron chi connectivity index (χ3n) is 3.67. The summed E-state index contributed by atoms with van der Waals surface area (Å²) in [6, 6.07) is 0. The minimum absolute atomic E-state index is 0.0132. The fraction of sp³-hybridized carbons (Fsp3) is 0.818. The second-order valence-electron chi connectivity index (χ2n) is 4.79. The van der Waals surface area contributed by atoms with Gasteiger partial charge in [-0.25, -0.2) is 0 Å². The smallest absolute Gasteiger partial charge is 0.229 e. The molecule has 0 atom stereocenters. The van der Waals surface area contributed by atoms with Crippen LogP contribution in [0.1, 0.15) is 38.5 Å². The lowest BCUT2D eigenvalue weighted by Crippen LogP contribution is -2.48. The van der Waals surface area contributed by atoms with Crippen LogP contribution in [0.15, 0.2) is 0 Å². The zero-order valence-electron chi connectivity index (χ0n) is 9.00. The first-order valence-electron chi connectivity index (χ1n) is 5.70. The maximum Gasteiger partial charge on any atom is 0.229 e. The van der Waals surface area contributed by atoms with Crippen molar-refractivity contribution in [3.63, 3.8) is 0 Å². The van der Waals surface area contributed by atoms with Crippen LogP contribution in [0.5, 0.6) is 0 Å². The Labute approximate surface area is 89.8 Å². The summed E-state index contributed by atoms with van der Waals surface area (Å²) >= 11 is 0. The van der Waals surface area contributed by atoms with Gasteiger partial charge in [-0.2, -0.15) is 0 Å². The van der Waals surface area contributed by atoms with E-state index >= 15 is 0 Å². The zero-order chi connectivity index (χ0) is 10.9. The maximum absolute atomic E-state index is 11.8. The van der Waals surface area contributed by atoms with Gasteiger partial charge in [0.15, 0.2) is 0 Å². The summed E-state index contributed by atoms with van der Waals surface area (Å²) in [5, 5.41) is 0. The molecule has 0 aromatic heterocycles. The highest BCUT2D eigenvalue weighted by Crippen LogP contribution is 2.46. The summed E-state index contributed by atoms with van der Waals surface area (Å²) in [6.07, 6.45) is 5.52. The molecule has 2 rings (SSSR count). The van der Waals surface area contributed by atoms with E-state index in [2.05, 4.69) is 0 Å². The van der Waals surface area contributed by atoms with Crippen LogP contribution in [0.3, 0.4) is 0 Å². The summed E-state index contributed by atoms with van der Waals surface area (Å²) < 4.78 is 0. The Morgan fingerprint density at radius 2 is 1.67 bits per heavy atom. The van der Waals surface area contributed by atoms with Crippen molar-refractivity contribution >= 4 is 11.8 Å². The van der Waals surface area contributed by atoms with Crippen LogP contribution in [0.25, 0.3) is 0 Å². The first-order chi connectivity index (χ1) is 7.17. The molecule has 2 aliphatic rings. The molecule has 0 bridgehead atoms. The average molecular weight is 210 g/mol. The summed E-state index contributed by atoms with van der Waals surface area (Å²) in [4.78, 5) is 24.9. The van der Waals surface area contributed by atoms with Crippen LogP contribution in [0.4, 0.5) is 0 Å². The number of carbonyl (C=O) groups is 2. The summed E-state index contributed by atoms with van der Waals surface area (Å²) in [6.45, 7) is 0.748. The van der Waals surface area contributed by atoms with E-state index < -0.39 is 0 Å². The molecule has 4 nitrogen and oxygen atoms in total. The number of piperidine rings is 1. The largest absolute Gasteiger partial charge is 0.329 e. The molecule has 84 valence electrons. The molecule has 0 aromatic rings. The predicted molar refractivity (Wildman–Crippen MR) is 55.9 cm³/mol. The second-order valence-corrected chi connectivity index (χ2v) is 4.79. The van der Waals surface area contributed by atoms with Crippen molar-refractivity contribution in [2.24, 2.45) is 11.1 Å². The van der Waals surface area contributed by atoms with Crippen LogP contribution >= 0.6 is 0 Å². The fourth-order valence-electron chi connectivity index (χ4n) is 2.89.